The van der Waals surface area contributed by atoms with Crippen molar-refractivity contribution in [2.75, 3.05) is 0 Å². The number of amides is 1. The topological polar surface area (TPSA) is 75.6 Å². The molecule has 2 aliphatic rings. The highest BCUT2D eigenvalue weighted by Gasteiger charge is 2.24. The Hall–Kier alpha value is -1.10. The van der Waals surface area contributed by atoms with Crippen molar-refractivity contribution in [3.8, 4) is 0 Å². The van der Waals surface area contributed by atoms with E-state index in [1.54, 1.807) is 0 Å². The van der Waals surface area contributed by atoms with Crippen LogP contribution in [0, 0.1) is 5.92 Å². The quantitative estimate of drug-likeness (QED) is 0.672. The minimum atomic E-state index is -0.786. The summed E-state index contributed by atoms with van der Waals surface area (Å²) >= 11 is 0. The molecule has 0 aromatic heterocycles. The third-order valence-electron chi connectivity index (χ3n) is 5.43. The van der Waals surface area contributed by atoms with Gasteiger partial charge in [0.2, 0.25) is 5.91 Å². The van der Waals surface area contributed by atoms with E-state index in [0.29, 0.717) is 24.9 Å². The van der Waals surface area contributed by atoms with Crippen LogP contribution in [0.4, 0.5) is 0 Å². The van der Waals surface area contributed by atoms with Crippen LogP contribution in [0.25, 0.3) is 0 Å². The molecular weight excluding hydrogens is 306 g/mol. The van der Waals surface area contributed by atoms with Gasteiger partial charge in [0.1, 0.15) is 0 Å². The van der Waals surface area contributed by atoms with Crippen LogP contribution in [0.2, 0.25) is 0 Å². The van der Waals surface area contributed by atoms with Crippen LogP contribution in [0.5, 0.6) is 0 Å². The van der Waals surface area contributed by atoms with Crippen LogP contribution in [-0.4, -0.2) is 35.2 Å². The Morgan fingerprint density at radius 1 is 1.12 bits per heavy atom. The minimum absolute atomic E-state index is 0.000111. The third-order valence-corrected chi connectivity index (χ3v) is 5.43. The maximum atomic E-state index is 12.3. The Morgan fingerprint density at radius 2 is 1.88 bits per heavy atom. The van der Waals surface area contributed by atoms with Crippen molar-refractivity contribution in [1.82, 2.24) is 5.32 Å². The van der Waals surface area contributed by atoms with Gasteiger partial charge in [0.15, 0.2) is 0 Å². The summed E-state index contributed by atoms with van der Waals surface area (Å²) in [5.41, 5.74) is 0. The Kier molecular flexibility index (Phi) is 8.03. The lowest BCUT2D eigenvalue weighted by molar-refractivity contribution is -0.137. The van der Waals surface area contributed by atoms with E-state index in [9.17, 15) is 9.59 Å². The molecule has 5 heteroatoms. The van der Waals surface area contributed by atoms with Gasteiger partial charge in [0.05, 0.1) is 12.2 Å². The van der Waals surface area contributed by atoms with E-state index >= 15 is 0 Å². The molecule has 3 unspecified atom stereocenters. The van der Waals surface area contributed by atoms with Crippen molar-refractivity contribution in [3.63, 3.8) is 0 Å². The number of hydrogen-bond acceptors (Lipinski definition) is 3. The fourth-order valence-electron chi connectivity index (χ4n) is 4.06. The molecule has 0 aromatic rings. The summed E-state index contributed by atoms with van der Waals surface area (Å²) in [6, 6.07) is 0.000111. The first kappa shape index (κ1) is 19.2. The number of rotatable bonds is 9. The van der Waals surface area contributed by atoms with E-state index in [1.807, 2.05) is 0 Å². The van der Waals surface area contributed by atoms with Gasteiger partial charge in [-0.3, -0.25) is 9.59 Å². The summed E-state index contributed by atoms with van der Waals surface area (Å²) < 4.78 is 5.76. The predicted molar refractivity (Wildman–Crippen MR) is 92.8 cm³/mol. The van der Waals surface area contributed by atoms with E-state index in [4.69, 9.17) is 9.84 Å². The van der Waals surface area contributed by atoms with Crippen LogP contribution < -0.4 is 5.32 Å². The summed E-state index contributed by atoms with van der Waals surface area (Å²) in [6.07, 6.45) is 11.7. The van der Waals surface area contributed by atoms with Gasteiger partial charge in [-0.1, -0.05) is 32.1 Å². The van der Waals surface area contributed by atoms with E-state index in [0.717, 1.165) is 25.7 Å². The first-order valence-corrected chi connectivity index (χ1v) is 9.69. The first-order chi connectivity index (χ1) is 11.5. The van der Waals surface area contributed by atoms with Crippen LogP contribution in [0.1, 0.15) is 84.0 Å². The zero-order valence-electron chi connectivity index (χ0n) is 15.0. The molecule has 138 valence electrons. The molecule has 1 saturated heterocycles. The lowest BCUT2D eigenvalue weighted by atomic mass is 9.84. The number of carboxylic acid groups (broad SMARTS) is 1. The number of nitrogens with one attached hydrogen (secondary N) is 1. The molecule has 5 nitrogen and oxygen atoms in total. The normalized spacial score (nSPS) is 26.2. The number of carbonyl (C=O) groups excluding carboxylic acids is 1. The molecule has 0 spiro atoms. The largest absolute Gasteiger partial charge is 0.481 e. The van der Waals surface area contributed by atoms with Crippen molar-refractivity contribution in [2.24, 2.45) is 5.92 Å². The molecule has 24 heavy (non-hydrogen) atoms. The Labute approximate surface area is 145 Å². The summed E-state index contributed by atoms with van der Waals surface area (Å²) in [5, 5.41) is 12.0. The molecule has 0 radical (unpaired) electrons. The monoisotopic (exact) mass is 339 g/mol. The van der Waals surface area contributed by atoms with Gasteiger partial charge in [-0.2, -0.15) is 0 Å². The predicted octanol–water partition coefficient (Wildman–Crippen LogP) is 3.65. The molecule has 2 rings (SSSR count). The number of aliphatic carboxylic acids is 1. The molecule has 2 fully saturated rings. The van der Waals surface area contributed by atoms with Gasteiger partial charge < -0.3 is 15.2 Å². The Balaban J connectivity index is 1.74. The fourth-order valence-corrected chi connectivity index (χ4v) is 4.06. The number of hydrogen-bond donors (Lipinski definition) is 2. The van der Waals surface area contributed by atoms with Gasteiger partial charge in [-0.25, -0.2) is 0 Å². The molecule has 1 saturated carbocycles. The molecule has 1 aliphatic heterocycles. The van der Waals surface area contributed by atoms with Crippen molar-refractivity contribution in [2.45, 2.75) is 102 Å². The first-order valence-electron chi connectivity index (χ1n) is 9.69. The SMILES string of the molecule is CC1CCC(CCC(=O)NC(CCC(=O)O)CC2CCCCC2)O1. The fraction of sp³-hybridized carbons (Fsp3) is 0.895. The highest BCUT2D eigenvalue weighted by atomic mass is 16.5. The van der Waals surface area contributed by atoms with Gasteiger partial charge in [-0.05, 0) is 44.9 Å². The molecule has 0 aromatic carbocycles. The highest BCUT2D eigenvalue weighted by molar-refractivity contribution is 5.76. The van der Waals surface area contributed by atoms with Crippen molar-refractivity contribution in [1.29, 1.82) is 0 Å². The van der Waals surface area contributed by atoms with Crippen LogP contribution in [0.15, 0.2) is 0 Å². The smallest absolute Gasteiger partial charge is 0.303 e. The van der Waals surface area contributed by atoms with Crippen LogP contribution in [0.3, 0.4) is 0 Å². The van der Waals surface area contributed by atoms with E-state index in [2.05, 4.69) is 12.2 Å². The van der Waals surface area contributed by atoms with Crippen molar-refractivity contribution < 1.29 is 19.4 Å². The molecule has 0 bridgehead atoms. The molecule has 1 heterocycles. The third kappa shape index (κ3) is 7.20. The average molecular weight is 339 g/mol. The Bertz CT molecular complexity index is 406. The van der Waals surface area contributed by atoms with Crippen LogP contribution >= 0.6 is 0 Å². The highest BCUT2D eigenvalue weighted by Crippen LogP contribution is 2.28. The van der Waals surface area contributed by atoms with Gasteiger partial charge in [0.25, 0.3) is 0 Å². The molecule has 2 N–H and O–H groups in total. The number of carbonyl (C=O) groups is 2. The number of ether oxygens (including phenoxy) is 1. The second-order valence-corrected chi connectivity index (χ2v) is 7.62. The van der Waals surface area contributed by atoms with Crippen molar-refractivity contribution >= 4 is 11.9 Å². The lowest BCUT2D eigenvalue weighted by Gasteiger charge is -2.27. The van der Waals surface area contributed by atoms with Crippen LogP contribution in [-0.2, 0) is 14.3 Å². The van der Waals surface area contributed by atoms with Crippen molar-refractivity contribution in [3.05, 3.63) is 0 Å². The second-order valence-electron chi connectivity index (χ2n) is 7.62. The van der Waals surface area contributed by atoms with Gasteiger partial charge in [0, 0.05) is 18.9 Å². The van der Waals surface area contributed by atoms with Gasteiger partial charge >= 0.3 is 5.97 Å². The standard InChI is InChI=1S/C19H33NO4/c1-14-7-9-17(24-14)10-11-18(21)20-16(8-12-19(22)23)13-15-5-3-2-4-6-15/h14-17H,2-13H2,1H3,(H,20,21)(H,22,23). The summed E-state index contributed by atoms with van der Waals surface area (Å²) in [6.45, 7) is 2.08. The second kappa shape index (κ2) is 10.0. The van der Waals surface area contributed by atoms with Gasteiger partial charge in [-0.15, -0.1) is 0 Å². The number of carboxylic acids is 1. The zero-order chi connectivity index (χ0) is 17.4. The van der Waals surface area contributed by atoms with E-state index < -0.39 is 5.97 Å². The molecule has 1 amide bonds. The Morgan fingerprint density at radius 3 is 2.50 bits per heavy atom. The average Bonchev–Trinajstić information content (AvgIpc) is 2.97. The minimum Gasteiger partial charge on any atom is -0.481 e. The molecule has 1 aliphatic carbocycles. The molecule has 3 atom stereocenters. The zero-order valence-corrected chi connectivity index (χ0v) is 15.0. The van der Waals surface area contributed by atoms with E-state index in [1.165, 1.54) is 32.1 Å². The lowest BCUT2D eigenvalue weighted by Crippen LogP contribution is -2.37. The summed E-state index contributed by atoms with van der Waals surface area (Å²) in [7, 11) is 0. The molecular formula is C19H33NO4. The summed E-state index contributed by atoms with van der Waals surface area (Å²) in [5.74, 6) is -0.104. The van der Waals surface area contributed by atoms with E-state index in [-0.39, 0.29) is 24.5 Å². The summed E-state index contributed by atoms with van der Waals surface area (Å²) in [4.78, 5) is 23.1. The maximum Gasteiger partial charge on any atom is 0.303 e. The maximum absolute atomic E-state index is 12.3.